The normalized spacial score (nSPS) is 23.9. The van der Waals surface area contributed by atoms with Crippen LogP contribution in [0.5, 0.6) is 0 Å². The lowest BCUT2D eigenvalue weighted by Gasteiger charge is -2.37. The Bertz CT molecular complexity index is 369. The number of aromatic nitrogens is 2. The van der Waals surface area contributed by atoms with Crippen LogP contribution in [0.1, 0.15) is 37.4 Å². The maximum atomic E-state index is 6.09. The zero-order valence-electron chi connectivity index (χ0n) is 11.2. The number of piperidine rings is 1. The first kappa shape index (κ1) is 12.6. The Morgan fingerprint density at radius 1 is 1.53 bits per heavy atom. The molecule has 0 saturated carbocycles. The van der Waals surface area contributed by atoms with E-state index in [1.165, 1.54) is 31.4 Å². The molecule has 2 unspecified atom stereocenters. The number of hydrogen-bond donors (Lipinski definition) is 1. The van der Waals surface area contributed by atoms with E-state index >= 15 is 0 Å². The van der Waals surface area contributed by atoms with E-state index in [1.54, 1.807) is 0 Å². The van der Waals surface area contributed by atoms with Crippen molar-refractivity contribution in [2.24, 2.45) is 12.8 Å². The molecule has 1 fully saturated rings. The zero-order chi connectivity index (χ0) is 12.4. The van der Waals surface area contributed by atoms with Gasteiger partial charge >= 0.3 is 0 Å². The molecule has 2 N–H and O–H groups in total. The quantitative estimate of drug-likeness (QED) is 0.863. The van der Waals surface area contributed by atoms with E-state index in [2.05, 4.69) is 30.0 Å². The fraction of sp³-hybridized carbons (Fsp3) is 0.769. The number of aryl methyl sites for hydroxylation is 2. The minimum Gasteiger partial charge on any atom is -0.327 e. The lowest BCUT2D eigenvalue weighted by Crippen LogP contribution is -2.48. The summed E-state index contributed by atoms with van der Waals surface area (Å²) in [5.41, 5.74) is 8.57. The largest absolute Gasteiger partial charge is 0.327 e. The second-order valence-corrected chi connectivity index (χ2v) is 5.31. The fourth-order valence-electron chi connectivity index (χ4n) is 2.83. The first-order valence-corrected chi connectivity index (χ1v) is 6.56. The predicted molar refractivity (Wildman–Crippen MR) is 69.6 cm³/mol. The summed E-state index contributed by atoms with van der Waals surface area (Å²) in [6, 6.07) is 0.788. The summed E-state index contributed by atoms with van der Waals surface area (Å²) < 4.78 is 1.90. The molecule has 1 aliphatic heterocycles. The van der Waals surface area contributed by atoms with Crippen molar-refractivity contribution in [3.8, 4) is 0 Å². The van der Waals surface area contributed by atoms with Crippen molar-refractivity contribution in [2.75, 3.05) is 6.54 Å². The van der Waals surface area contributed by atoms with Gasteiger partial charge in [0.15, 0.2) is 0 Å². The van der Waals surface area contributed by atoms with E-state index < -0.39 is 0 Å². The maximum Gasteiger partial charge on any atom is 0.0638 e. The van der Waals surface area contributed by atoms with Gasteiger partial charge in [-0.05, 0) is 33.2 Å². The number of hydrogen-bond acceptors (Lipinski definition) is 3. The van der Waals surface area contributed by atoms with Crippen LogP contribution in [0.2, 0.25) is 0 Å². The van der Waals surface area contributed by atoms with Crippen molar-refractivity contribution in [2.45, 2.75) is 51.7 Å². The second-order valence-electron chi connectivity index (χ2n) is 5.31. The molecule has 1 aromatic heterocycles. The monoisotopic (exact) mass is 236 g/mol. The highest BCUT2D eigenvalue weighted by Gasteiger charge is 2.25. The van der Waals surface area contributed by atoms with Crippen LogP contribution in [-0.4, -0.2) is 33.3 Å². The lowest BCUT2D eigenvalue weighted by atomic mass is 9.96. The fourth-order valence-corrected chi connectivity index (χ4v) is 2.83. The average molecular weight is 236 g/mol. The third-order valence-electron chi connectivity index (χ3n) is 3.76. The summed E-state index contributed by atoms with van der Waals surface area (Å²) in [5.74, 6) is 0. The molecule has 0 bridgehead atoms. The molecule has 96 valence electrons. The third kappa shape index (κ3) is 2.87. The SMILES string of the molecule is Cc1nn(C)cc1CN1CCCCC1C(C)N. The Labute approximate surface area is 104 Å². The molecular weight excluding hydrogens is 212 g/mol. The molecule has 0 aliphatic carbocycles. The van der Waals surface area contributed by atoms with E-state index in [4.69, 9.17) is 5.73 Å². The average Bonchev–Trinajstić information content (AvgIpc) is 2.58. The van der Waals surface area contributed by atoms with Gasteiger partial charge in [-0.15, -0.1) is 0 Å². The standard InChI is InChI=1S/C13H24N4/c1-10(14)13-6-4-5-7-17(13)9-12-8-16(3)15-11(12)2/h8,10,13H,4-7,9,14H2,1-3H3. The van der Waals surface area contributed by atoms with E-state index in [1.807, 2.05) is 11.7 Å². The minimum absolute atomic E-state index is 0.257. The van der Waals surface area contributed by atoms with Crippen LogP contribution in [0.3, 0.4) is 0 Å². The Kier molecular flexibility index (Phi) is 3.84. The Balaban J connectivity index is 2.08. The molecule has 0 spiro atoms. The van der Waals surface area contributed by atoms with Crippen LogP contribution in [0.25, 0.3) is 0 Å². The summed E-state index contributed by atoms with van der Waals surface area (Å²) in [6.45, 7) is 6.37. The molecule has 0 amide bonds. The summed E-state index contributed by atoms with van der Waals surface area (Å²) in [4.78, 5) is 2.53. The van der Waals surface area contributed by atoms with Gasteiger partial charge in [-0.3, -0.25) is 9.58 Å². The second kappa shape index (κ2) is 5.19. The lowest BCUT2D eigenvalue weighted by molar-refractivity contribution is 0.123. The molecule has 0 radical (unpaired) electrons. The van der Waals surface area contributed by atoms with Crippen molar-refractivity contribution in [1.82, 2.24) is 14.7 Å². The number of nitrogens with zero attached hydrogens (tertiary/aromatic N) is 3. The Hall–Kier alpha value is -0.870. The summed E-state index contributed by atoms with van der Waals surface area (Å²) in [6.07, 6.45) is 5.97. The van der Waals surface area contributed by atoms with Gasteiger partial charge in [0, 0.05) is 37.4 Å². The summed E-state index contributed by atoms with van der Waals surface area (Å²) in [7, 11) is 1.98. The van der Waals surface area contributed by atoms with Gasteiger partial charge in [0.05, 0.1) is 5.69 Å². The molecule has 1 aliphatic rings. The van der Waals surface area contributed by atoms with E-state index in [9.17, 15) is 0 Å². The molecule has 2 heterocycles. The predicted octanol–water partition coefficient (Wildman–Crippen LogP) is 1.43. The van der Waals surface area contributed by atoms with Gasteiger partial charge in [0.2, 0.25) is 0 Å². The highest BCUT2D eigenvalue weighted by molar-refractivity contribution is 5.15. The van der Waals surface area contributed by atoms with Gasteiger partial charge in [0.25, 0.3) is 0 Å². The Morgan fingerprint density at radius 2 is 2.29 bits per heavy atom. The smallest absolute Gasteiger partial charge is 0.0638 e. The van der Waals surface area contributed by atoms with E-state index in [-0.39, 0.29) is 6.04 Å². The number of rotatable bonds is 3. The van der Waals surface area contributed by atoms with Crippen LogP contribution in [-0.2, 0) is 13.6 Å². The highest BCUT2D eigenvalue weighted by atomic mass is 15.3. The van der Waals surface area contributed by atoms with Crippen molar-refractivity contribution >= 4 is 0 Å². The van der Waals surface area contributed by atoms with Gasteiger partial charge in [-0.2, -0.15) is 5.10 Å². The molecular formula is C13H24N4. The van der Waals surface area contributed by atoms with Crippen LogP contribution < -0.4 is 5.73 Å². The molecule has 2 rings (SSSR count). The molecule has 4 nitrogen and oxygen atoms in total. The van der Waals surface area contributed by atoms with Gasteiger partial charge in [-0.1, -0.05) is 6.42 Å². The van der Waals surface area contributed by atoms with Crippen molar-refractivity contribution in [3.63, 3.8) is 0 Å². The van der Waals surface area contributed by atoms with Crippen LogP contribution >= 0.6 is 0 Å². The van der Waals surface area contributed by atoms with E-state index in [0.29, 0.717) is 6.04 Å². The zero-order valence-corrected chi connectivity index (χ0v) is 11.2. The van der Waals surface area contributed by atoms with Crippen LogP contribution in [0.4, 0.5) is 0 Å². The molecule has 17 heavy (non-hydrogen) atoms. The van der Waals surface area contributed by atoms with Gasteiger partial charge in [0.1, 0.15) is 0 Å². The molecule has 2 atom stereocenters. The topological polar surface area (TPSA) is 47.1 Å². The molecule has 1 aromatic rings. The highest BCUT2D eigenvalue weighted by Crippen LogP contribution is 2.22. The Morgan fingerprint density at radius 3 is 2.88 bits per heavy atom. The third-order valence-corrected chi connectivity index (χ3v) is 3.76. The first-order valence-electron chi connectivity index (χ1n) is 6.56. The molecule has 1 saturated heterocycles. The summed E-state index contributed by atoms with van der Waals surface area (Å²) >= 11 is 0. The number of nitrogens with two attached hydrogens (primary N) is 1. The van der Waals surface area contributed by atoms with Crippen molar-refractivity contribution in [1.29, 1.82) is 0 Å². The van der Waals surface area contributed by atoms with Crippen molar-refractivity contribution in [3.05, 3.63) is 17.5 Å². The molecule has 4 heteroatoms. The van der Waals surface area contributed by atoms with Crippen LogP contribution in [0, 0.1) is 6.92 Å². The van der Waals surface area contributed by atoms with E-state index in [0.717, 1.165) is 12.2 Å². The van der Waals surface area contributed by atoms with Gasteiger partial charge < -0.3 is 5.73 Å². The minimum atomic E-state index is 0.257. The maximum absolute atomic E-state index is 6.09. The number of likely N-dealkylation sites (tertiary alicyclic amines) is 1. The summed E-state index contributed by atoms with van der Waals surface area (Å²) in [5, 5.41) is 4.41. The van der Waals surface area contributed by atoms with Crippen LogP contribution in [0.15, 0.2) is 6.20 Å². The van der Waals surface area contributed by atoms with Gasteiger partial charge in [-0.25, -0.2) is 0 Å². The van der Waals surface area contributed by atoms with Crippen molar-refractivity contribution < 1.29 is 0 Å². The first-order chi connectivity index (χ1) is 8.08. The molecule has 0 aromatic carbocycles.